The van der Waals surface area contributed by atoms with Gasteiger partial charge in [-0.05, 0) is 18.2 Å². The van der Waals surface area contributed by atoms with Crippen molar-refractivity contribution in [2.45, 2.75) is 25.7 Å². The zero-order valence-electron chi connectivity index (χ0n) is 15.7. The van der Waals surface area contributed by atoms with E-state index in [-0.39, 0.29) is 22.9 Å². The van der Waals surface area contributed by atoms with E-state index in [1.807, 2.05) is 4.90 Å². The van der Waals surface area contributed by atoms with Crippen LogP contribution in [0.4, 0.5) is 13.2 Å². The molecular formula is C21H18F3N3O3. The quantitative estimate of drug-likeness (QED) is 0.569. The molecule has 0 radical (unpaired) electrons. The molecule has 0 saturated heterocycles. The number of aromatic amines is 1. The third kappa shape index (κ3) is 3.88. The molecule has 1 aliphatic heterocycles. The van der Waals surface area contributed by atoms with E-state index < -0.39 is 11.7 Å². The number of nitrogens with zero attached hydrogens (tertiary/aromatic N) is 2. The van der Waals surface area contributed by atoms with Crippen LogP contribution in [-0.4, -0.2) is 31.6 Å². The van der Waals surface area contributed by atoms with E-state index in [2.05, 4.69) is 9.97 Å². The van der Waals surface area contributed by atoms with Gasteiger partial charge in [0.1, 0.15) is 5.82 Å². The Balaban J connectivity index is 1.57. The lowest BCUT2D eigenvalue weighted by Crippen LogP contribution is -2.35. The van der Waals surface area contributed by atoms with E-state index in [0.717, 1.165) is 12.1 Å². The monoisotopic (exact) mass is 417 g/mol. The largest absolute Gasteiger partial charge is 0.504 e. The number of nitrogens with one attached hydrogen (secondary N) is 1. The first-order valence-electron chi connectivity index (χ1n) is 9.24. The smallest absolute Gasteiger partial charge is 0.416 e. The molecule has 0 amide bonds. The number of phenols is 2. The third-order valence-corrected chi connectivity index (χ3v) is 5.13. The number of aromatic hydroxyl groups is 2. The van der Waals surface area contributed by atoms with Gasteiger partial charge in [0.05, 0.1) is 16.8 Å². The Kier molecular flexibility index (Phi) is 4.98. The molecule has 0 unspecified atom stereocenters. The van der Waals surface area contributed by atoms with Crippen LogP contribution >= 0.6 is 0 Å². The number of hydrogen-bond donors (Lipinski definition) is 3. The highest BCUT2D eigenvalue weighted by Crippen LogP contribution is 2.31. The Hall–Kier alpha value is -3.33. The molecule has 156 valence electrons. The standard InChI is InChI=1S/C21H18F3N3O3/c22-21(23,24)14-6-4-12(5-7-14)19-25-16-8-9-27(11-15(16)20(30)26-19)10-13-2-1-3-17(28)18(13)29/h1-7,28-29H,8-11H2,(H,25,26,30). The van der Waals surface area contributed by atoms with Crippen LogP contribution in [0.25, 0.3) is 11.4 Å². The zero-order valence-corrected chi connectivity index (χ0v) is 15.7. The van der Waals surface area contributed by atoms with Crippen molar-refractivity contribution >= 4 is 0 Å². The fraction of sp³-hybridized carbons (Fsp3) is 0.238. The van der Waals surface area contributed by atoms with E-state index in [0.29, 0.717) is 48.4 Å². The summed E-state index contributed by atoms with van der Waals surface area (Å²) in [7, 11) is 0. The van der Waals surface area contributed by atoms with Gasteiger partial charge < -0.3 is 15.2 Å². The average Bonchev–Trinajstić information content (AvgIpc) is 2.71. The van der Waals surface area contributed by atoms with Crippen molar-refractivity contribution < 1.29 is 23.4 Å². The van der Waals surface area contributed by atoms with Gasteiger partial charge in [0, 0.05) is 37.2 Å². The van der Waals surface area contributed by atoms with Crippen LogP contribution in [0.5, 0.6) is 11.5 Å². The van der Waals surface area contributed by atoms with Crippen molar-refractivity contribution in [2.75, 3.05) is 6.54 Å². The number of halogens is 3. The first kappa shape index (κ1) is 20.0. The van der Waals surface area contributed by atoms with Crippen LogP contribution in [0, 0.1) is 0 Å². The molecule has 1 aliphatic rings. The van der Waals surface area contributed by atoms with Crippen molar-refractivity contribution in [3.63, 3.8) is 0 Å². The molecule has 3 N–H and O–H groups in total. The topological polar surface area (TPSA) is 89.5 Å². The molecule has 1 aromatic heterocycles. The number of fused-ring (bicyclic) bond motifs is 1. The van der Waals surface area contributed by atoms with E-state index in [1.54, 1.807) is 12.1 Å². The number of para-hydroxylation sites is 1. The van der Waals surface area contributed by atoms with Crippen LogP contribution < -0.4 is 5.56 Å². The average molecular weight is 417 g/mol. The Morgan fingerprint density at radius 2 is 1.83 bits per heavy atom. The van der Waals surface area contributed by atoms with Crippen molar-refractivity contribution in [1.29, 1.82) is 0 Å². The summed E-state index contributed by atoms with van der Waals surface area (Å²) < 4.78 is 38.2. The molecule has 0 atom stereocenters. The summed E-state index contributed by atoms with van der Waals surface area (Å²) in [6.07, 6.45) is -3.95. The lowest BCUT2D eigenvalue weighted by Gasteiger charge is -2.28. The predicted molar refractivity (Wildman–Crippen MR) is 103 cm³/mol. The fourth-order valence-electron chi connectivity index (χ4n) is 3.52. The molecule has 0 spiro atoms. The summed E-state index contributed by atoms with van der Waals surface area (Å²) >= 11 is 0. The maximum atomic E-state index is 12.7. The minimum absolute atomic E-state index is 0.187. The summed E-state index contributed by atoms with van der Waals surface area (Å²) in [5.74, 6) is -0.162. The van der Waals surface area contributed by atoms with Crippen LogP contribution in [0.15, 0.2) is 47.3 Å². The van der Waals surface area contributed by atoms with Gasteiger partial charge in [0.15, 0.2) is 11.5 Å². The van der Waals surface area contributed by atoms with E-state index in [9.17, 15) is 28.2 Å². The van der Waals surface area contributed by atoms with Crippen LogP contribution in [-0.2, 0) is 25.7 Å². The van der Waals surface area contributed by atoms with Crippen molar-refractivity contribution in [3.8, 4) is 22.9 Å². The summed E-state index contributed by atoms with van der Waals surface area (Å²) in [5, 5.41) is 19.6. The summed E-state index contributed by atoms with van der Waals surface area (Å²) in [5.41, 5.74) is 0.915. The number of rotatable bonds is 3. The minimum Gasteiger partial charge on any atom is -0.504 e. The highest BCUT2D eigenvalue weighted by Gasteiger charge is 2.30. The molecule has 30 heavy (non-hydrogen) atoms. The van der Waals surface area contributed by atoms with Gasteiger partial charge >= 0.3 is 6.18 Å². The van der Waals surface area contributed by atoms with Crippen molar-refractivity contribution in [1.82, 2.24) is 14.9 Å². The maximum Gasteiger partial charge on any atom is 0.416 e. The Morgan fingerprint density at radius 1 is 1.10 bits per heavy atom. The number of H-pyrrole nitrogens is 1. The maximum absolute atomic E-state index is 12.7. The van der Waals surface area contributed by atoms with Gasteiger partial charge in [-0.1, -0.05) is 24.3 Å². The molecule has 9 heteroatoms. The Bertz CT molecular complexity index is 1140. The molecule has 6 nitrogen and oxygen atoms in total. The normalized spacial score (nSPS) is 14.5. The number of aromatic nitrogens is 2. The second kappa shape index (κ2) is 7.49. The SMILES string of the molecule is O=c1[nH]c(-c2ccc(C(F)(F)F)cc2)nc2c1CN(Cc1cccc(O)c1O)CC2. The predicted octanol–water partition coefficient (Wildman–Crippen LogP) is 3.43. The first-order chi connectivity index (χ1) is 14.2. The molecule has 0 aliphatic carbocycles. The van der Waals surface area contributed by atoms with Gasteiger partial charge in [0.2, 0.25) is 0 Å². The summed E-state index contributed by atoms with van der Waals surface area (Å²) in [6, 6.07) is 9.20. The van der Waals surface area contributed by atoms with Crippen molar-refractivity contribution in [3.05, 3.63) is 75.2 Å². The highest BCUT2D eigenvalue weighted by molar-refractivity contribution is 5.56. The van der Waals surface area contributed by atoms with Gasteiger partial charge in [-0.2, -0.15) is 13.2 Å². The summed E-state index contributed by atoms with van der Waals surface area (Å²) in [4.78, 5) is 21.7. The van der Waals surface area contributed by atoms with Crippen LogP contribution in [0.2, 0.25) is 0 Å². The number of hydrogen-bond acceptors (Lipinski definition) is 5. The number of phenolic OH excluding ortho intramolecular Hbond substituents is 2. The minimum atomic E-state index is -4.43. The van der Waals surface area contributed by atoms with E-state index >= 15 is 0 Å². The summed E-state index contributed by atoms with van der Waals surface area (Å²) in [6.45, 7) is 1.23. The lowest BCUT2D eigenvalue weighted by molar-refractivity contribution is -0.137. The highest BCUT2D eigenvalue weighted by atomic mass is 19.4. The number of benzene rings is 2. The Labute approximate surface area is 169 Å². The fourth-order valence-corrected chi connectivity index (χ4v) is 3.52. The van der Waals surface area contributed by atoms with Gasteiger partial charge in [0.25, 0.3) is 5.56 Å². The second-order valence-electron chi connectivity index (χ2n) is 7.16. The zero-order chi connectivity index (χ0) is 21.5. The van der Waals surface area contributed by atoms with Crippen LogP contribution in [0.3, 0.4) is 0 Å². The first-order valence-corrected chi connectivity index (χ1v) is 9.24. The molecule has 0 bridgehead atoms. The molecule has 0 saturated carbocycles. The molecule has 0 fully saturated rings. The van der Waals surface area contributed by atoms with Gasteiger partial charge in [-0.25, -0.2) is 4.98 Å². The molecule has 2 heterocycles. The number of alkyl halides is 3. The molecular weight excluding hydrogens is 399 g/mol. The third-order valence-electron chi connectivity index (χ3n) is 5.13. The van der Waals surface area contributed by atoms with Crippen LogP contribution in [0.1, 0.15) is 22.4 Å². The van der Waals surface area contributed by atoms with Crippen molar-refractivity contribution in [2.24, 2.45) is 0 Å². The molecule has 3 aromatic rings. The van der Waals surface area contributed by atoms with Gasteiger partial charge in [-0.15, -0.1) is 0 Å². The lowest BCUT2D eigenvalue weighted by atomic mass is 10.0. The molecule has 2 aromatic carbocycles. The second-order valence-corrected chi connectivity index (χ2v) is 7.16. The van der Waals surface area contributed by atoms with Gasteiger partial charge in [-0.3, -0.25) is 9.69 Å². The van der Waals surface area contributed by atoms with E-state index in [4.69, 9.17) is 0 Å². The van der Waals surface area contributed by atoms with E-state index in [1.165, 1.54) is 18.2 Å². The Morgan fingerprint density at radius 3 is 2.53 bits per heavy atom. The molecule has 4 rings (SSSR count).